The lowest BCUT2D eigenvalue weighted by molar-refractivity contribution is -0.120. The monoisotopic (exact) mass is 308 g/mol. The minimum atomic E-state index is -0.564. The first-order valence-electron chi connectivity index (χ1n) is 6.47. The normalized spacial score (nSPS) is 10.8. The molecule has 0 radical (unpaired) electrons. The van der Waals surface area contributed by atoms with Crippen LogP contribution in [0.2, 0.25) is 0 Å². The summed E-state index contributed by atoms with van der Waals surface area (Å²) in [5, 5.41) is 6.98. The highest BCUT2D eigenvalue weighted by Crippen LogP contribution is 2.12. The fourth-order valence-corrected chi connectivity index (χ4v) is 2.39. The zero-order chi connectivity index (χ0) is 15.4. The van der Waals surface area contributed by atoms with E-state index in [1.807, 2.05) is 13.8 Å². The fraction of sp³-hybridized carbons (Fsp3) is 0.385. The Hall–Kier alpha value is -2.22. The highest BCUT2D eigenvalue weighted by Gasteiger charge is 2.11. The van der Waals surface area contributed by atoms with Crippen LogP contribution in [0.5, 0.6) is 0 Å². The van der Waals surface area contributed by atoms with Crippen molar-refractivity contribution in [1.29, 1.82) is 0 Å². The summed E-state index contributed by atoms with van der Waals surface area (Å²) < 4.78 is 1.18. The highest BCUT2D eigenvalue weighted by molar-refractivity contribution is 7.16. The lowest BCUT2D eigenvalue weighted by atomic mass is 10.2. The van der Waals surface area contributed by atoms with Gasteiger partial charge in [0.1, 0.15) is 11.4 Å². The van der Waals surface area contributed by atoms with Gasteiger partial charge in [0, 0.05) is 6.54 Å². The van der Waals surface area contributed by atoms with Crippen LogP contribution in [-0.4, -0.2) is 28.0 Å². The summed E-state index contributed by atoms with van der Waals surface area (Å²) in [6, 6.07) is 1.10. The fourth-order valence-electron chi connectivity index (χ4n) is 1.67. The van der Waals surface area contributed by atoms with Crippen molar-refractivity contribution in [3.8, 4) is 0 Å². The number of nitrogens with zero attached hydrogens (tertiary/aromatic N) is 2. The summed E-state index contributed by atoms with van der Waals surface area (Å²) >= 11 is 1.36. The highest BCUT2D eigenvalue weighted by atomic mass is 32.1. The molecule has 0 bridgehead atoms. The molecule has 0 unspecified atom stereocenters. The van der Waals surface area contributed by atoms with Gasteiger partial charge < -0.3 is 5.32 Å². The number of rotatable bonds is 4. The first kappa shape index (κ1) is 15.2. The second-order valence-corrected chi connectivity index (χ2v) is 5.86. The van der Waals surface area contributed by atoms with Gasteiger partial charge in [-0.1, -0.05) is 13.8 Å². The van der Waals surface area contributed by atoms with E-state index in [0.717, 1.165) is 0 Å². The standard InChI is InChI=1S/C13H16N4O3S/c1-8(2)5-14-13(20)16-10(18)6-17-7-15-11-9(12(17)19)3-4-21-11/h3-4,7-8H,5-6H2,1-2H3,(H2,14,16,18,20). The molecule has 8 heteroatoms. The Morgan fingerprint density at radius 1 is 1.43 bits per heavy atom. The van der Waals surface area contributed by atoms with Gasteiger partial charge in [-0.3, -0.25) is 19.5 Å². The third kappa shape index (κ3) is 3.88. The van der Waals surface area contributed by atoms with E-state index in [-0.39, 0.29) is 12.1 Å². The lowest BCUT2D eigenvalue weighted by Crippen LogP contribution is -2.43. The number of urea groups is 1. The molecule has 2 rings (SSSR count). The van der Waals surface area contributed by atoms with Gasteiger partial charge in [0.05, 0.1) is 11.7 Å². The smallest absolute Gasteiger partial charge is 0.321 e. The van der Waals surface area contributed by atoms with E-state index in [1.165, 1.54) is 22.2 Å². The molecule has 0 fully saturated rings. The molecule has 2 heterocycles. The third-order valence-corrected chi connectivity index (χ3v) is 3.51. The second-order valence-electron chi connectivity index (χ2n) is 4.97. The summed E-state index contributed by atoms with van der Waals surface area (Å²) in [7, 11) is 0. The molecule has 0 spiro atoms. The summed E-state index contributed by atoms with van der Waals surface area (Å²) in [4.78, 5) is 40.0. The Kier molecular flexibility index (Phi) is 4.69. The number of thiophene rings is 1. The van der Waals surface area contributed by atoms with Crippen LogP contribution < -0.4 is 16.2 Å². The maximum atomic E-state index is 12.1. The molecule has 0 atom stereocenters. The van der Waals surface area contributed by atoms with Crippen molar-refractivity contribution in [3.63, 3.8) is 0 Å². The lowest BCUT2D eigenvalue weighted by Gasteiger charge is -2.09. The van der Waals surface area contributed by atoms with Gasteiger partial charge in [-0.05, 0) is 17.4 Å². The number of hydrogen-bond acceptors (Lipinski definition) is 5. The number of carbonyl (C=O) groups is 2. The Balaban J connectivity index is 2.00. The van der Waals surface area contributed by atoms with Crippen LogP contribution in [0.4, 0.5) is 4.79 Å². The van der Waals surface area contributed by atoms with Gasteiger partial charge in [-0.25, -0.2) is 9.78 Å². The number of carbonyl (C=O) groups excluding carboxylic acids is 2. The summed E-state index contributed by atoms with van der Waals surface area (Å²) in [6.07, 6.45) is 1.31. The van der Waals surface area contributed by atoms with Gasteiger partial charge in [-0.2, -0.15) is 0 Å². The molecule has 0 aliphatic carbocycles. The largest absolute Gasteiger partial charge is 0.338 e. The quantitative estimate of drug-likeness (QED) is 0.879. The molecule has 7 nitrogen and oxygen atoms in total. The van der Waals surface area contributed by atoms with Crippen molar-refractivity contribution in [2.45, 2.75) is 20.4 Å². The molecular formula is C13H16N4O3S. The molecule has 21 heavy (non-hydrogen) atoms. The van der Waals surface area contributed by atoms with E-state index in [4.69, 9.17) is 0 Å². The van der Waals surface area contributed by atoms with E-state index in [2.05, 4.69) is 15.6 Å². The van der Waals surface area contributed by atoms with E-state index >= 15 is 0 Å². The molecule has 2 aromatic rings. The number of amides is 3. The Morgan fingerprint density at radius 3 is 2.90 bits per heavy atom. The molecule has 112 valence electrons. The van der Waals surface area contributed by atoms with Crippen molar-refractivity contribution in [2.75, 3.05) is 6.54 Å². The predicted molar refractivity (Wildman–Crippen MR) is 80.3 cm³/mol. The number of nitrogens with one attached hydrogen (secondary N) is 2. The molecular weight excluding hydrogens is 292 g/mol. The molecule has 0 saturated carbocycles. The van der Waals surface area contributed by atoms with Gasteiger partial charge in [0.25, 0.3) is 5.56 Å². The van der Waals surface area contributed by atoms with Crippen molar-refractivity contribution >= 4 is 33.5 Å². The maximum absolute atomic E-state index is 12.1. The first-order valence-corrected chi connectivity index (χ1v) is 7.35. The summed E-state index contributed by atoms with van der Waals surface area (Å²) in [5.41, 5.74) is -0.293. The minimum Gasteiger partial charge on any atom is -0.338 e. The first-order chi connectivity index (χ1) is 9.97. The molecule has 0 aromatic carbocycles. The number of fused-ring (bicyclic) bond motifs is 1. The van der Waals surface area contributed by atoms with Gasteiger partial charge in [0.15, 0.2) is 0 Å². The Bertz CT molecular complexity index is 720. The number of aromatic nitrogens is 2. The molecule has 3 amide bonds. The topological polar surface area (TPSA) is 93.1 Å². The van der Waals surface area contributed by atoms with Crippen LogP contribution in [-0.2, 0) is 11.3 Å². The van der Waals surface area contributed by atoms with Gasteiger partial charge in [-0.15, -0.1) is 11.3 Å². The zero-order valence-electron chi connectivity index (χ0n) is 11.8. The molecule has 0 aliphatic rings. The third-order valence-electron chi connectivity index (χ3n) is 2.69. The molecule has 2 N–H and O–H groups in total. The summed E-state index contributed by atoms with van der Waals surface area (Å²) in [5.74, 6) is -0.270. The maximum Gasteiger partial charge on any atom is 0.321 e. The van der Waals surface area contributed by atoms with Crippen molar-refractivity contribution < 1.29 is 9.59 Å². The van der Waals surface area contributed by atoms with Crippen LogP contribution in [0.3, 0.4) is 0 Å². The van der Waals surface area contributed by atoms with Crippen molar-refractivity contribution in [3.05, 3.63) is 28.1 Å². The van der Waals surface area contributed by atoms with E-state index in [1.54, 1.807) is 11.4 Å². The number of imide groups is 1. The molecule has 0 saturated heterocycles. The van der Waals surface area contributed by atoms with E-state index < -0.39 is 11.9 Å². The molecule has 2 aromatic heterocycles. The SMILES string of the molecule is CC(C)CNC(=O)NC(=O)Cn1cnc2sccc2c1=O. The Morgan fingerprint density at radius 2 is 2.19 bits per heavy atom. The van der Waals surface area contributed by atoms with Crippen LogP contribution in [0.1, 0.15) is 13.8 Å². The predicted octanol–water partition coefficient (Wildman–Crippen LogP) is 0.940. The van der Waals surface area contributed by atoms with Crippen LogP contribution in [0.25, 0.3) is 10.2 Å². The second kappa shape index (κ2) is 6.49. The van der Waals surface area contributed by atoms with Crippen molar-refractivity contribution in [1.82, 2.24) is 20.2 Å². The van der Waals surface area contributed by atoms with Gasteiger partial charge in [0.2, 0.25) is 5.91 Å². The number of hydrogen-bond donors (Lipinski definition) is 2. The molecule has 0 aliphatic heterocycles. The summed E-state index contributed by atoms with van der Waals surface area (Å²) in [6.45, 7) is 4.13. The average molecular weight is 308 g/mol. The van der Waals surface area contributed by atoms with E-state index in [0.29, 0.717) is 22.7 Å². The zero-order valence-corrected chi connectivity index (χ0v) is 12.6. The van der Waals surface area contributed by atoms with Gasteiger partial charge >= 0.3 is 6.03 Å². The Labute approximate surface area is 125 Å². The van der Waals surface area contributed by atoms with E-state index in [9.17, 15) is 14.4 Å². The van der Waals surface area contributed by atoms with Crippen molar-refractivity contribution in [2.24, 2.45) is 5.92 Å². The minimum absolute atomic E-state index is 0.243. The average Bonchev–Trinajstić information content (AvgIpc) is 2.89. The van der Waals surface area contributed by atoms with Crippen LogP contribution in [0.15, 0.2) is 22.6 Å². The van der Waals surface area contributed by atoms with Crippen LogP contribution >= 0.6 is 11.3 Å². The van der Waals surface area contributed by atoms with Crippen LogP contribution in [0, 0.1) is 5.92 Å².